The van der Waals surface area contributed by atoms with Gasteiger partial charge in [-0.2, -0.15) is 0 Å². The quantitative estimate of drug-likeness (QED) is 0.798. The van der Waals surface area contributed by atoms with E-state index in [-0.39, 0.29) is 18.4 Å². The molecule has 0 aliphatic heterocycles. The second kappa shape index (κ2) is 5.82. The lowest BCUT2D eigenvalue weighted by Crippen LogP contribution is -2.14. The first-order valence-electron chi connectivity index (χ1n) is 5.99. The summed E-state index contributed by atoms with van der Waals surface area (Å²) in [6, 6.07) is 5.52. The van der Waals surface area contributed by atoms with Crippen molar-refractivity contribution in [1.82, 2.24) is 0 Å². The Kier molecular flexibility index (Phi) is 4.70. The molecule has 0 aliphatic carbocycles. The van der Waals surface area contributed by atoms with Crippen LogP contribution in [-0.2, 0) is 0 Å². The molecule has 0 radical (unpaired) electrons. The highest BCUT2D eigenvalue weighted by Crippen LogP contribution is 2.28. The highest BCUT2D eigenvalue weighted by molar-refractivity contribution is 5.97. The first kappa shape index (κ1) is 13.7. The zero-order valence-corrected chi connectivity index (χ0v) is 11.0. The first-order chi connectivity index (χ1) is 7.95. The lowest BCUT2D eigenvalue weighted by molar-refractivity contribution is 0.100. The van der Waals surface area contributed by atoms with Gasteiger partial charge in [-0.25, -0.2) is 0 Å². The van der Waals surface area contributed by atoms with Gasteiger partial charge in [0.15, 0.2) is 5.78 Å². The van der Waals surface area contributed by atoms with E-state index in [1.165, 1.54) is 0 Å². The largest absolute Gasteiger partial charge is 0.491 e. The molecule has 0 saturated carbocycles. The van der Waals surface area contributed by atoms with Crippen molar-refractivity contribution in [3.63, 3.8) is 0 Å². The fourth-order valence-electron chi connectivity index (χ4n) is 1.65. The van der Waals surface area contributed by atoms with Crippen LogP contribution in [0.3, 0.4) is 0 Å². The van der Waals surface area contributed by atoms with Crippen LogP contribution in [0.15, 0.2) is 18.2 Å². The molecule has 17 heavy (non-hydrogen) atoms. The molecule has 0 spiro atoms. The number of ketones is 1. The number of carbonyl (C=O) groups is 1. The van der Waals surface area contributed by atoms with Gasteiger partial charge < -0.3 is 10.5 Å². The maximum absolute atomic E-state index is 11.6. The van der Waals surface area contributed by atoms with Crippen molar-refractivity contribution < 1.29 is 9.53 Å². The van der Waals surface area contributed by atoms with E-state index < -0.39 is 0 Å². The van der Waals surface area contributed by atoms with Gasteiger partial charge >= 0.3 is 0 Å². The van der Waals surface area contributed by atoms with Crippen LogP contribution in [0.2, 0.25) is 0 Å². The second-order valence-corrected chi connectivity index (χ2v) is 4.70. The van der Waals surface area contributed by atoms with Crippen LogP contribution in [-0.4, -0.2) is 18.4 Å². The van der Waals surface area contributed by atoms with E-state index in [1.807, 2.05) is 26.0 Å². The molecular formula is C14H21NO2. The highest BCUT2D eigenvalue weighted by Gasteiger charge is 2.12. The number of hydrogen-bond donors (Lipinski definition) is 1. The van der Waals surface area contributed by atoms with Crippen molar-refractivity contribution >= 4 is 5.78 Å². The Morgan fingerprint density at radius 3 is 2.41 bits per heavy atom. The minimum atomic E-state index is -0.0389. The Labute approximate surface area is 103 Å². The normalized spacial score (nSPS) is 11.0. The van der Waals surface area contributed by atoms with Crippen molar-refractivity contribution in [3.05, 3.63) is 29.3 Å². The SMILES string of the molecule is CC(C)Oc1ccc(C(=O)CN)cc1C(C)C. The summed E-state index contributed by atoms with van der Waals surface area (Å²) in [5, 5.41) is 0. The predicted molar refractivity (Wildman–Crippen MR) is 69.7 cm³/mol. The maximum Gasteiger partial charge on any atom is 0.176 e. The predicted octanol–water partition coefficient (Wildman–Crippen LogP) is 2.74. The molecule has 3 heteroatoms. The summed E-state index contributed by atoms with van der Waals surface area (Å²) < 4.78 is 5.73. The molecule has 0 saturated heterocycles. The van der Waals surface area contributed by atoms with Crippen molar-refractivity contribution in [2.75, 3.05) is 6.54 Å². The smallest absolute Gasteiger partial charge is 0.176 e. The third kappa shape index (κ3) is 3.56. The molecule has 1 aromatic carbocycles. The van der Waals surface area contributed by atoms with Crippen molar-refractivity contribution in [1.29, 1.82) is 0 Å². The number of Topliss-reactive ketones (excluding diaryl/α,β-unsaturated/α-hetero) is 1. The third-order valence-corrected chi connectivity index (χ3v) is 2.50. The fourth-order valence-corrected chi connectivity index (χ4v) is 1.65. The van der Waals surface area contributed by atoms with Crippen LogP contribution in [0.25, 0.3) is 0 Å². The lowest BCUT2D eigenvalue weighted by Gasteiger charge is -2.17. The molecule has 0 amide bonds. The van der Waals surface area contributed by atoms with Crippen molar-refractivity contribution in [3.8, 4) is 5.75 Å². The molecule has 0 heterocycles. The summed E-state index contributed by atoms with van der Waals surface area (Å²) in [5.74, 6) is 1.13. The molecule has 1 rings (SSSR count). The second-order valence-electron chi connectivity index (χ2n) is 4.70. The van der Waals surface area contributed by atoms with Gasteiger partial charge in [0.2, 0.25) is 0 Å². The number of ether oxygens (including phenoxy) is 1. The number of nitrogens with two attached hydrogens (primary N) is 1. The van der Waals surface area contributed by atoms with Crippen LogP contribution in [0.4, 0.5) is 0 Å². The average molecular weight is 235 g/mol. The molecule has 0 aromatic heterocycles. The van der Waals surface area contributed by atoms with Gasteiger partial charge in [0.25, 0.3) is 0 Å². The fraction of sp³-hybridized carbons (Fsp3) is 0.500. The molecule has 0 fully saturated rings. The van der Waals surface area contributed by atoms with Gasteiger partial charge in [0.1, 0.15) is 5.75 Å². The average Bonchev–Trinajstić information content (AvgIpc) is 2.27. The first-order valence-corrected chi connectivity index (χ1v) is 5.99. The summed E-state index contributed by atoms with van der Waals surface area (Å²) in [6.45, 7) is 8.19. The molecule has 0 unspecified atom stereocenters. The Morgan fingerprint density at radius 2 is 1.94 bits per heavy atom. The van der Waals surface area contributed by atoms with Gasteiger partial charge in [0.05, 0.1) is 12.6 Å². The number of hydrogen-bond acceptors (Lipinski definition) is 3. The summed E-state index contributed by atoms with van der Waals surface area (Å²) >= 11 is 0. The van der Waals surface area contributed by atoms with Crippen LogP contribution < -0.4 is 10.5 Å². The van der Waals surface area contributed by atoms with Gasteiger partial charge in [-0.15, -0.1) is 0 Å². The third-order valence-electron chi connectivity index (χ3n) is 2.50. The zero-order chi connectivity index (χ0) is 13.0. The number of benzene rings is 1. The number of carbonyl (C=O) groups excluding carboxylic acids is 1. The van der Waals surface area contributed by atoms with Crippen LogP contribution in [0.1, 0.15) is 49.5 Å². The zero-order valence-electron chi connectivity index (χ0n) is 11.0. The van der Waals surface area contributed by atoms with Crippen LogP contribution >= 0.6 is 0 Å². The summed E-state index contributed by atoms with van der Waals surface area (Å²) in [7, 11) is 0. The van der Waals surface area contributed by atoms with E-state index in [1.54, 1.807) is 6.07 Å². The van der Waals surface area contributed by atoms with Gasteiger partial charge in [-0.3, -0.25) is 4.79 Å². The van der Waals surface area contributed by atoms with E-state index >= 15 is 0 Å². The summed E-state index contributed by atoms with van der Waals surface area (Å²) in [4.78, 5) is 11.6. The van der Waals surface area contributed by atoms with E-state index in [9.17, 15) is 4.79 Å². The number of rotatable bonds is 5. The lowest BCUT2D eigenvalue weighted by atomic mass is 9.98. The van der Waals surface area contributed by atoms with Crippen molar-refractivity contribution in [2.24, 2.45) is 5.73 Å². The standard InChI is InChI=1S/C14H21NO2/c1-9(2)12-7-11(13(16)8-15)5-6-14(12)17-10(3)4/h5-7,9-10H,8,15H2,1-4H3. The molecule has 0 bridgehead atoms. The monoisotopic (exact) mass is 235 g/mol. The van der Waals surface area contributed by atoms with E-state index in [0.717, 1.165) is 11.3 Å². The van der Waals surface area contributed by atoms with Gasteiger partial charge in [-0.1, -0.05) is 13.8 Å². The van der Waals surface area contributed by atoms with E-state index in [4.69, 9.17) is 10.5 Å². The summed E-state index contributed by atoms with van der Waals surface area (Å²) in [6.07, 6.45) is 0.128. The van der Waals surface area contributed by atoms with Crippen molar-refractivity contribution in [2.45, 2.75) is 39.7 Å². The molecule has 94 valence electrons. The van der Waals surface area contributed by atoms with Gasteiger partial charge in [-0.05, 0) is 43.5 Å². The maximum atomic E-state index is 11.6. The minimum Gasteiger partial charge on any atom is -0.491 e. The topological polar surface area (TPSA) is 52.3 Å². The molecule has 1 aromatic rings. The molecule has 0 atom stereocenters. The molecule has 2 N–H and O–H groups in total. The van der Waals surface area contributed by atoms with Crippen LogP contribution in [0, 0.1) is 0 Å². The molecule has 3 nitrogen and oxygen atoms in total. The Bertz CT molecular complexity index is 397. The van der Waals surface area contributed by atoms with Crippen LogP contribution in [0.5, 0.6) is 5.75 Å². The van der Waals surface area contributed by atoms with Gasteiger partial charge in [0, 0.05) is 5.56 Å². The Morgan fingerprint density at radius 1 is 1.29 bits per heavy atom. The molecular weight excluding hydrogens is 214 g/mol. The highest BCUT2D eigenvalue weighted by atomic mass is 16.5. The summed E-state index contributed by atoms with van der Waals surface area (Å²) in [5.41, 5.74) is 7.08. The Balaban J connectivity index is 3.12. The molecule has 0 aliphatic rings. The van der Waals surface area contributed by atoms with E-state index in [2.05, 4.69) is 13.8 Å². The minimum absolute atomic E-state index is 0.0389. The Hall–Kier alpha value is -1.35. The van der Waals surface area contributed by atoms with E-state index in [0.29, 0.717) is 11.5 Å².